The third-order valence-corrected chi connectivity index (χ3v) is 4.43. The van der Waals surface area contributed by atoms with Crippen LogP contribution in [0.1, 0.15) is 25.3 Å². The second kappa shape index (κ2) is 8.15. The number of nitrogens with zero attached hydrogens (tertiary/aromatic N) is 1. The highest BCUT2D eigenvalue weighted by Gasteiger charge is 2.30. The molecule has 1 aromatic carbocycles. The highest BCUT2D eigenvalue weighted by Crippen LogP contribution is 2.21. The van der Waals surface area contributed by atoms with Crippen LogP contribution in [0.3, 0.4) is 0 Å². The Labute approximate surface area is 146 Å². The van der Waals surface area contributed by atoms with Crippen LogP contribution in [0.15, 0.2) is 18.2 Å². The first kappa shape index (κ1) is 18.3. The molecule has 0 aliphatic carbocycles. The predicted octanol–water partition coefficient (Wildman–Crippen LogP) is 2.39. The number of ether oxygens (including phenoxy) is 1. The summed E-state index contributed by atoms with van der Waals surface area (Å²) in [4.78, 5) is 37.5. The summed E-state index contributed by atoms with van der Waals surface area (Å²) in [6.07, 6.45) is 1.02. The van der Waals surface area contributed by atoms with Crippen LogP contribution in [0.4, 0.5) is 5.69 Å². The van der Waals surface area contributed by atoms with Crippen LogP contribution in [-0.2, 0) is 19.1 Å². The van der Waals surface area contributed by atoms with Gasteiger partial charge in [-0.15, -0.1) is 0 Å². The SMILES string of the molecule is CCOC(=O)C1CCN(C(=O)C(=O)Nc2ccc(C)c(Cl)c2)CC1. The van der Waals surface area contributed by atoms with Crippen LogP contribution in [0.25, 0.3) is 0 Å². The molecule has 1 heterocycles. The van der Waals surface area contributed by atoms with Gasteiger partial charge in [0.15, 0.2) is 0 Å². The van der Waals surface area contributed by atoms with Gasteiger partial charge in [0, 0.05) is 23.8 Å². The van der Waals surface area contributed by atoms with Crippen molar-refractivity contribution in [2.75, 3.05) is 25.0 Å². The van der Waals surface area contributed by atoms with E-state index in [1.807, 2.05) is 6.92 Å². The number of amides is 2. The summed E-state index contributed by atoms with van der Waals surface area (Å²) in [7, 11) is 0. The molecule has 130 valence electrons. The lowest BCUT2D eigenvalue weighted by molar-refractivity contribution is -0.152. The Bertz CT molecular complexity index is 639. The number of likely N-dealkylation sites (tertiary alicyclic amines) is 1. The molecule has 1 N–H and O–H groups in total. The number of nitrogens with one attached hydrogen (secondary N) is 1. The normalized spacial score (nSPS) is 15.0. The maximum absolute atomic E-state index is 12.2. The zero-order valence-corrected chi connectivity index (χ0v) is 14.6. The van der Waals surface area contributed by atoms with Crippen LogP contribution in [0.2, 0.25) is 5.02 Å². The summed E-state index contributed by atoms with van der Waals surface area (Å²) in [5.74, 6) is -1.74. The van der Waals surface area contributed by atoms with Crippen molar-refractivity contribution in [2.45, 2.75) is 26.7 Å². The minimum atomic E-state index is -0.704. The number of piperidine rings is 1. The first-order chi connectivity index (χ1) is 11.4. The maximum atomic E-state index is 12.2. The quantitative estimate of drug-likeness (QED) is 0.669. The van der Waals surface area contributed by atoms with Crippen LogP contribution >= 0.6 is 11.6 Å². The summed E-state index contributed by atoms with van der Waals surface area (Å²) in [5.41, 5.74) is 1.37. The smallest absolute Gasteiger partial charge is 0.313 e. The van der Waals surface area contributed by atoms with Crippen molar-refractivity contribution in [2.24, 2.45) is 5.92 Å². The second-order valence-electron chi connectivity index (χ2n) is 5.74. The molecular formula is C17H21ClN2O4. The van der Waals surface area contributed by atoms with Crippen molar-refractivity contribution in [3.05, 3.63) is 28.8 Å². The molecule has 2 amide bonds. The molecule has 1 saturated heterocycles. The highest BCUT2D eigenvalue weighted by atomic mass is 35.5. The van der Waals surface area contributed by atoms with Crippen molar-refractivity contribution < 1.29 is 19.1 Å². The van der Waals surface area contributed by atoms with Gasteiger partial charge in [0.1, 0.15) is 0 Å². The summed E-state index contributed by atoms with van der Waals surface area (Å²) >= 11 is 6.01. The first-order valence-electron chi connectivity index (χ1n) is 7.95. The molecule has 0 bridgehead atoms. The molecule has 0 unspecified atom stereocenters. The fraction of sp³-hybridized carbons (Fsp3) is 0.471. The van der Waals surface area contributed by atoms with Crippen molar-refractivity contribution in [1.29, 1.82) is 0 Å². The number of carbonyl (C=O) groups is 3. The van der Waals surface area contributed by atoms with Gasteiger partial charge in [0.25, 0.3) is 0 Å². The predicted molar refractivity (Wildman–Crippen MR) is 90.8 cm³/mol. The lowest BCUT2D eigenvalue weighted by atomic mass is 9.97. The van der Waals surface area contributed by atoms with E-state index in [4.69, 9.17) is 16.3 Å². The van der Waals surface area contributed by atoms with E-state index in [1.54, 1.807) is 25.1 Å². The third-order valence-electron chi connectivity index (χ3n) is 4.03. The number of anilines is 1. The molecule has 1 aliphatic rings. The average Bonchev–Trinajstić information content (AvgIpc) is 2.58. The molecule has 0 spiro atoms. The van der Waals surface area contributed by atoms with Gasteiger partial charge in [-0.1, -0.05) is 17.7 Å². The Morgan fingerprint density at radius 3 is 2.54 bits per heavy atom. The van der Waals surface area contributed by atoms with E-state index in [0.717, 1.165) is 5.56 Å². The van der Waals surface area contributed by atoms with Crippen LogP contribution < -0.4 is 5.32 Å². The van der Waals surface area contributed by atoms with Gasteiger partial charge in [-0.25, -0.2) is 0 Å². The third kappa shape index (κ3) is 4.47. The summed E-state index contributed by atoms with van der Waals surface area (Å²) in [6.45, 7) is 4.69. The van der Waals surface area contributed by atoms with Crippen molar-refractivity contribution >= 4 is 35.1 Å². The number of aryl methyl sites for hydroxylation is 1. The minimum absolute atomic E-state index is 0.201. The molecule has 1 fully saturated rings. The Hall–Kier alpha value is -2.08. The van der Waals surface area contributed by atoms with Gasteiger partial charge >= 0.3 is 17.8 Å². The molecule has 0 atom stereocenters. The largest absolute Gasteiger partial charge is 0.466 e. The highest BCUT2D eigenvalue weighted by molar-refractivity contribution is 6.39. The van der Waals surface area contributed by atoms with E-state index in [1.165, 1.54) is 4.90 Å². The van der Waals surface area contributed by atoms with Crippen molar-refractivity contribution in [3.8, 4) is 0 Å². The number of esters is 1. The molecule has 0 saturated carbocycles. The molecular weight excluding hydrogens is 332 g/mol. The van der Waals surface area contributed by atoms with Gasteiger partial charge in [-0.05, 0) is 44.4 Å². The molecule has 1 aromatic rings. The standard InChI is InChI=1S/C17H21ClN2O4/c1-3-24-17(23)12-6-8-20(9-7-12)16(22)15(21)19-13-5-4-11(2)14(18)10-13/h4-5,10,12H,3,6-9H2,1-2H3,(H,19,21). The fourth-order valence-electron chi connectivity index (χ4n) is 2.58. The topological polar surface area (TPSA) is 75.7 Å². The molecule has 2 rings (SSSR count). The van der Waals surface area contributed by atoms with Gasteiger partial charge in [0.05, 0.1) is 12.5 Å². The van der Waals surface area contributed by atoms with Crippen LogP contribution in [0, 0.1) is 12.8 Å². The van der Waals surface area contributed by atoms with E-state index >= 15 is 0 Å². The molecule has 24 heavy (non-hydrogen) atoms. The number of rotatable bonds is 3. The second-order valence-corrected chi connectivity index (χ2v) is 6.14. The number of hydrogen-bond acceptors (Lipinski definition) is 4. The van der Waals surface area contributed by atoms with Gasteiger partial charge < -0.3 is 15.0 Å². The molecule has 6 nitrogen and oxygen atoms in total. The van der Waals surface area contributed by atoms with E-state index in [-0.39, 0.29) is 11.9 Å². The van der Waals surface area contributed by atoms with Crippen molar-refractivity contribution in [1.82, 2.24) is 4.90 Å². The van der Waals surface area contributed by atoms with Crippen LogP contribution in [0.5, 0.6) is 0 Å². The fourth-order valence-corrected chi connectivity index (χ4v) is 2.76. The van der Waals surface area contributed by atoms with Crippen LogP contribution in [-0.4, -0.2) is 42.4 Å². The average molecular weight is 353 g/mol. The number of benzene rings is 1. The lowest BCUT2D eigenvalue weighted by Crippen LogP contribution is -2.45. The van der Waals surface area contributed by atoms with E-state index < -0.39 is 11.8 Å². The first-order valence-corrected chi connectivity index (χ1v) is 8.33. The van der Waals surface area contributed by atoms with Gasteiger partial charge in [0.2, 0.25) is 0 Å². The van der Waals surface area contributed by atoms with E-state index in [2.05, 4.69) is 5.32 Å². The Kier molecular flexibility index (Phi) is 6.20. The zero-order valence-electron chi connectivity index (χ0n) is 13.8. The van der Waals surface area contributed by atoms with Crippen molar-refractivity contribution in [3.63, 3.8) is 0 Å². The summed E-state index contributed by atoms with van der Waals surface area (Å²) in [6, 6.07) is 5.07. The molecule has 1 aliphatic heterocycles. The maximum Gasteiger partial charge on any atom is 0.313 e. The number of halogens is 1. The molecule has 0 aromatic heterocycles. The van der Waals surface area contributed by atoms with Gasteiger partial charge in [-0.2, -0.15) is 0 Å². The van der Waals surface area contributed by atoms with E-state index in [0.29, 0.717) is 43.2 Å². The summed E-state index contributed by atoms with van der Waals surface area (Å²) in [5, 5.41) is 3.08. The molecule has 7 heteroatoms. The van der Waals surface area contributed by atoms with E-state index in [9.17, 15) is 14.4 Å². The monoisotopic (exact) mass is 352 g/mol. The molecule has 0 radical (unpaired) electrons. The minimum Gasteiger partial charge on any atom is -0.466 e. The zero-order chi connectivity index (χ0) is 17.7. The summed E-state index contributed by atoms with van der Waals surface area (Å²) < 4.78 is 4.99. The Morgan fingerprint density at radius 1 is 1.29 bits per heavy atom. The Balaban J connectivity index is 1.89. The van der Waals surface area contributed by atoms with Gasteiger partial charge in [-0.3, -0.25) is 14.4 Å². The Morgan fingerprint density at radius 2 is 1.96 bits per heavy atom. The number of carbonyl (C=O) groups excluding carboxylic acids is 3. The lowest BCUT2D eigenvalue weighted by Gasteiger charge is -2.30. The number of hydrogen-bond donors (Lipinski definition) is 1.